The van der Waals surface area contributed by atoms with Crippen LogP contribution in [0.15, 0.2) is 73.3 Å². The fourth-order valence-electron chi connectivity index (χ4n) is 4.94. The van der Waals surface area contributed by atoms with Gasteiger partial charge in [-0.15, -0.1) is 18.2 Å². The first-order chi connectivity index (χ1) is 20.0. The molecule has 1 atom stereocenters. The molecule has 0 bridgehead atoms. The van der Waals surface area contributed by atoms with Crippen LogP contribution < -0.4 is 5.32 Å². The highest BCUT2D eigenvalue weighted by molar-refractivity contribution is 6.25. The van der Waals surface area contributed by atoms with Gasteiger partial charge < -0.3 is 15.3 Å². The summed E-state index contributed by atoms with van der Waals surface area (Å²) in [4.78, 5) is 24.9. The number of carbonyl (C=O) groups is 2. The first kappa shape index (κ1) is 33.8. The minimum atomic E-state index is -5.06. The smallest absolute Gasteiger partial charge is 0.416 e. The molecule has 2 aromatic rings. The maximum Gasteiger partial charge on any atom is 0.416 e. The van der Waals surface area contributed by atoms with Gasteiger partial charge in [0.2, 0.25) is 0 Å². The van der Waals surface area contributed by atoms with Gasteiger partial charge in [0.05, 0.1) is 16.0 Å². The summed E-state index contributed by atoms with van der Waals surface area (Å²) in [5.74, 6) is -1.01. The maximum atomic E-state index is 13.5. The third-order valence-corrected chi connectivity index (χ3v) is 7.87. The normalized spacial score (nSPS) is 19.3. The van der Waals surface area contributed by atoms with Crippen LogP contribution in [0.2, 0.25) is 0 Å². The Kier molecular flexibility index (Phi) is 10.8. The van der Waals surface area contributed by atoms with E-state index in [9.17, 15) is 35.9 Å². The highest BCUT2D eigenvalue weighted by Crippen LogP contribution is 2.40. The fourth-order valence-corrected chi connectivity index (χ4v) is 5.16. The quantitative estimate of drug-likeness (QED) is 0.0956. The molecule has 2 N–H and O–H groups in total. The van der Waals surface area contributed by atoms with Crippen molar-refractivity contribution < 1.29 is 41.0 Å². The second kappa shape index (κ2) is 13.7. The van der Waals surface area contributed by atoms with Gasteiger partial charge in [-0.2, -0.15) is 26.3 Å². The Balaban J connectivity index is 1.88. The number of halogens is 7. The lowest BCUT2D eigenvalue weighted by Gasteiger charge is -2.40. The molecule has 5 nitrogen and oxygen atoms in total. The molecule has 43 heavy (non-hydrogen) atoms. The Morgan fingerprint density at radius 2 is 1.53 bits per heavy atom. The summed E-state index contributed by atoms with van der Waals surface area (Å²) in [6.07, 6.45) is -0.620. The van der Waals surface area contributed by atoms with Crippen LogP contribution >= 0.6 is 11.6 Å². The number of nitrogens with zero attached hydrogens (tertiary/aromatic N) is 1. The number of carbonyl (C=O) groups excluding carboxylic acids is 1. The predicted octanol–water partition coefficient (Wildman–Crippen LogP) is 9.15. The first-order valence-corrected chi connectivity index (χ1v) is 13.7. The summed E-state index contributed by atoms with van der Waals surface area (Å²) in [7, 11) is 0. The molecule has 0 saturated heterocycles. The topological polar surface area (TPSA) is 69.6 Å². The standard InChI is InChI=1S/C31H31ClF6N2O3/c1-3-29(2,32)22-12-14-26(15-13-22)40(19-21-10-8-20(9-11-21)6-4-5-7-27(41)42)28(43)39-25-17-23(30(33,34)35)16-24(18-25)31(36,37)38/h3-11,16-18,22,26H,1,12-15,19H2,2H3,(H,39,43)(H,41,42)/b6-4+,7-5+. The van der Waals surface area contributed by atoms with Crippen molar-refractivity contribution in [1.82, 2.24) is 4.90 Å². The van der Waals surface area contributed by atoms with Gasteiger partial charge in [0, 0.05) is 24.4 Å². The molecule has 0 heterocycles. The van der Waals surface area contributed by atoms with Crippen LogP contribution in [-0.4, -0.2) is 32.9 Å². The monoisotopic (exact) mass is 628 g/mol. The van der Waals surface area contributed by atoms with Crippen molar-refractivity contribution in [3.63, 3.8) is 0 Å². The van der Waals surface area contributed by atoms with E-state index in [1.54, 1.807) is 42.5 Å². The zero-order chi connectivity index (χ0) is 32.0. The Labute approximate surface area is 250 Å². The first-order valence-electron chi connectivity index (χ1n) is 13.4. The van der Waals surface area contributed by atoms with Crippen molar-refractivity contribution in [2.45, 2.75) is 62.4 Å². The van der Waals surface area contributed by atoms with Gasteiger partial charge >= 0.3 is 24.4 Å². The van der Waals surface area contributed by atoms with Crippen LogP contribution in [0.5, 0.6) is 0 Å². The number of aliphatic carboxylic acids is 1. The molecule has 12 heteroatoms. The maximum absolute atomic E-state index is 13.5. The number of allylic oxidation sites excluding steroid dienone is 3. The summed E-state index contributed by atoms with van der Waals surface area (Å²) in [5, 5.41) is 10.9. The summed E-state index contributed by atoms with van der Waals surface area (Å²) in [6.45, 7) is 5.66. The van der Waals surface area contributed by atoms with Gasteiger partial charge in [0.15, 0.2) is 0 Å². The van der Waals surface area contributed by atoms with E-state index in [-0.39, 0.29) is 24.6 Å². The average molecular weight is 629 g/mol. The van der Waals surface area contributed by atoms with E-state index in [0.29, 0.717) is 43.4 Å². The molecule has 3 rings (SSSR count). The van der Waals surface area contributed by atoms with Crippen molar-refractivity contribution in [3.05, 3.63) is 95.6 Å². The third-order valence-electron chi connectivity index (χ3n) is 7.41. The lowest BCUT2D eigenvalue weighted by atomic mass is 9.78. The molecule has 1 unspecified atom stereocenters. The van der Waals surface area contributed by atoms with Crippen molar-refractivity contribution in [2.75, 3.05) is 5.32 Å². The molecule has 1 aliphatic rings. The second-order valence-corrected chi connectivity index (χ2v) is 11.3. The number of urea groups is 1. The Morgan fingerprint density at radius 1 is 0.977 bits per heavy atom. The van der Waals surface area contributed by atoms with Crippen LogP contribution in [0.3, 0.4) is 0 Å². The number of hydrogen-bond donors (Lipinski definition) is 2. The highest BCUT2D eigenvalue weighted by atomic mass is 35.5. The Hall–Kier alpha value is -3.73. The lowest BCUT2D eigenvalue weighted by Crippen LogP contribution is -2.45. The van der Waals surface area contributed by atoms with Crippen molar-refractivity contribution >= 4 is 35.4 Å². The third kappa shape index (κ3) is 9.64. The van der Waals surface area contributed by atoms with Gasteiger partial charge in [0.1, 0.15) is 0 Å². The fraction of sp³-hybridized carbons (Fsp3) is 0.355. The molecule has 1 aliphatic carbocycles. The van der Waals surface area contributed by atoms with Gasteiger partial charge in [-0.1, -0.05) is 48.6 Å². The van der Waals surface area contributed by atoms with Gasteiger partial charge in [-0.05, 0) is 67.9 Å². The Bertz CT molecular complexity index is 1330. The van der Waals surface area contributed by atoms with E-state index in [0.717, 1.165) is 11.6 Å². The molecule has 0 spiro atoms. The zero-order valence-corrected chi connectivity index (χ0v) is 23.9. The highest BCUT2D eigenvalue weighted by Gasteiger charge is 2.38. The van der Waals surface area contributed by atoms with Crippen molar-refractivity contribution in [2.24, 2.45) is 5.92 Å². The second-order valence-electron chi connectivity index (χ2n) is 10.5. The number of rotatable bonds is 9. The lowest BCUT2D eigenvalue weighted by molar-refractivity contribution is -0.143. The van der Waals surface area contributed by atoms with E-state index in [1.807, 2.05) is 6.92 Å². The number of carboxylic acids is 1. The van der Waals surface area contributed by atoms with Crippen LogP contribution in [-0.2, 0) is 23.7 Å². The minimum Gasteiger partial charge on any atom is -0.478 e. The van der Waals surface area contributed by atoms with E-state index < -0.39 is 46.0 Å². The molecule has 1 fully saturated rings. The summed E-state index contributed by atoms with van der Waals surface area (Å²) < 4.78 is 80.4. The van der Waals surface area contributed by atoms with Crippen molar-refractivity contribution in [3.8, 4) is 0 Å². The van der Waals surface area contributed by atoms with E-state index in [2.05, 4.69) is 11.9 Å². The SMILES string of the molecule is C=CC(C)(Cl)C1CCC(N(Cc2ccc(/C=C/C=C/C(=O)O)cc2)C(=O)Nc2cc(C(F)(F)F)cc(C(F)(F)F)c2)CC1. The molecule has 2 amide bonds. The van der Waals surface area contributed by atoms with Crippen LogP contribution in [0.25, 0.3) is 6.08 Å². The number of hydrogen-bond acceptors (Lipinski definition) is 2. The van der Waals surface area contributed by atoms with Crippen LogP contribution in [0, 0.1) is 5.92 Å². The molecule has 0 radical (unpaired) electrons. The molecule has 0 aromatic heterocycles. The van der Waals surface area contributed by atoms with Crippen molar-refractivity contribution in [1.29, 1.82) is 0 Å². The number of carboxylic acid groups (broad SMARTS) is 1. The predicted molar refractivity (Wildman–Crippen MR) is 153 cm³/mol. The Morgan fingerprint density at radius 3 is 2.02 bits per heavy atom. The number of alkyl halides is 7. The summed E-state index contributed by atoms with van der Waals surface area (Å²) in [5.41, 5.74) is -2.27. The van der Waals surface area contributed by atoms with E-state index in [4.69, 9.17) is 16.7 Å². The number of nitrogens with one attached hydrogen (secondary N) is 1. The van der Waals surface area contributed by atoms with E-state index >= 15 is 0 Å². The summed E-state index contributed by atoms with van der Waals surface area (Å²) >= 11 is 6.57. The number of anilines is 1. The van der Waals surface area contributed by atoms with Gasteiger partial charge in [0.25, 0.3) is 0 Å². The molecule has 0 aliphatic heterocycles. The number of amides is 2. The average Bonchev–Trinajstić information content (AvgIpc) is 2.93. The van der Waals surface area contributed by atoms with Gasteiger partial charge in [-0.25, -0.2) is 9.59 Å². The number of benzene rings is 2. The zero-order valence-electron chi connectivity index (χ0n) is 23.2. The molecule has 1 saturated carbocycles. The molecule has 2 aromatic carbocycles. The summed E-state index contributed by atoms with van der Waals surface area (Å²) in [6, 6.07) is 6.69. The van der Waals surface area contributed by atoms with E-state index in [1.165, 1.54) is 11.0 Å². The van der Waals surface area contributed by atoms with Crippen LogP contribution in [0.4, 0.5) is 36.8 Å². The molecular formula is C31H31ClF6N2O3. The molecular weight excluding hydrogens is 598 g/mol. The largest absolute Gasteiger partial charge is 0.478 e. The minimum absolute atomic E-state index is 0.00489. The molecule has 232 valence electrons. The van der Waals surface area contributed by atoms with Gasteiger partial charge in [-0.3, -0.25) is 0 Å². The van der Waals surface area contributed by atoms with Crippen LogP contribution in [0.1, 0.15) is 54.9 Å².